The van der Waals surface area contributed by atoms with Gasteiger partial charge in [-0.2, -0.15) is 0 Å². The van der Waals surface area contributed by atoms with Gasteiger partial charge in [-0.3, -0.25) is 0 Å². The van der Waals surface area contributed by atoms with Crippen LogP contribution in [-0.2, 0) is 0 Å². The highest BCUT2D eigenvalue weighted by Gasteiger charge is 2.26. The molecular weight excluding hydrogens is 330 g/mol. The van der Waals surface area contributed by atoms with Crippen molar-refractivity contribution in [3.8, 4) is 5.75 Å². The van der Waals surface area contributed by atoms with Crippen LogP contribution in [0, 0.1) is 0 Å². The van der Waals surface area contributed by atoms with E-state index in [1.54, 1.807) is 7.11 Å². The van der Waals surface area contributed by atoms with Crippen molar-refractivity contribution in [1.82, 2.24) is 4.90 Å². The number of nitrogens with zero attached hydrogens (tertiary/aromatic N) is 1. The third-order valence-corrected chi connectivity index (χ3v) is 6.20. The van der Waals surface area contributed by atoms with Gasteiger partial charge in [0.2, 0.25) is 0 Å². The standard InChI is InChI=1S/C22H35NO.ClH/c1-24-22-14-10-9-13-21(22)19-15-17-23(18-16-19)20-11-7-5-3-2-4-6-8-12-20;/h9-10,13-14,19-20H,2-8,11-12,15-18H2,1H3;1H. The zero-order valence-electron chi connectivity index (χ0n) is 15.9. The fourth-order valence-corrected chi connectivity index (χ4v) is 4.73. The SMILES string of the molecule is COc1ccccc1C1CCN(C2CCCCCCCCC2)CC1.Cl. The number of methoxy groups -OCH3 is 1. The lowest BCUT2D eigenvalue weighted by Gasteiger charge is -2.38. The van der Waals surface area contributed by atoms with Crippen LogP contribution in [0.3, 0.4) is 0 Å². The summed E-state index contributed by atoms with van der Waals surface area (Å²) >= 11 is 0. The van der Waals surface area contributed by atoms with Gasteiger partial charge in [0.05, 0.1) is 7.11 Å². The monoisotopic (exact) mass is 365 g/mol. The third-order valence-electron chi connectivity index (χ3n) is 6.20. The molecule has 0 unspecified atom stereocenters. The summed E-state index contributed by atoms with van der Waals surface area (Å²) in [6.45, 7) is 2.54. The first kappa shape index (κ1) is 20.6. The third kappa shape index (κ3) is 5.89. The Labute approximate surface area is 160 Å². The van der Waals surface area contributed by atoms with Crippen LogP contribution < -0.4 is 4.74 Å². The minimum atomic E-state index is 0. The van der Waals surface area contributed by atoms with Crippen molar-refractivity contribution < 1.29 is 4.74 Å². The second-order valence-corrected chi connectivity index (χ2v) is 7.76. The van der Waals surface area contributed by atoms with E-state index in [0.29, 0.717) is 5.92 Å². The van der Waals surface area contributed by atoms with Gasteiger partial charge in [-0.25, -0.2) is 0 Å². The molecule has 0 bridgehead atoms. The van der Waals surface area contributed by atoms with Gasteiger partial charge in [0.25, 0.3) is 0 Å². The minimum absolute atomic E-state index is 0. The van der Waals surface area contributed by atoms with Crippen LogP contribution in [0.1, 0.15) is 82.1 Å². The molecule has 3 heteroatoms. The number of hydrogen-bond acceptors (Lipinski definition) is 2. The number of halogens is 1. The molecule has 1 heterocycles. The van der Waals surface area contributed by atoms with Gasteiger partial charge in [-0.1, -0.05) is 63.1 Å². The fraction of sp³-hybridized carbons (Fsp3) is 0.727. The summed E-state index contributed by atoms with van der Waals surface area (Å²) in [5, 5.41) is 0. The Balaban J connectivity index is 0.00000225. The van der Waals surface area contributed by atoms with Crippen LogP contribution in [-0.4, -0.2) is 31.1 Å². The van der Waals surface area contributed by atoms with Crippen LogP contribution in [0.25, 0.3) is 0 Å². The topological polar surface area (TPSA) is 12.5 Å². The fourth-order valence-electron chi connectivity index (χ4n) is 4.73. The van der Waals surface area contributed by atoms with Crippen LogP contribution in [0.4, 0.5) is 0 Å². The second kappa shape index (κ2) is 11.1. The van der Waals surface area contributed by atoms with E-state index in [4.69, 9.17) is 4.74 Å². The summed E-state index contributed by atoms with van der Waals surface area (Å²) in [5.74, 6) is 1.76. The predicted molar refractivity (Wildman–Crippen MR) is 109 cm³/mol. The summed E-state index contributed by atoms with van der Waals surface area (Å²) in [6.07, 6.45) is 15.6. The molecule has 2 nitrogen and oxygen atoms in total. The molecule has 25 heavy (non-hydrogen) atoms. The molecule has 1 aromatic carbocycles. The van der Waals surface area contributed by atoms with Gasteiger partial charge in [0.1, 0.15) is 5.75 Å². The number of piperidine rings is 1. The number of ether oxygens (including phenoxy) is 1. The lowest BCUT2D eigenvalue weighted by Crippen LogP contribution is -2.41. The van der Waals surface area contributed by atoms with Gasteiger partial charge in [0, 0.05) is 6.04 Å². The molecule has 0 aromatic heterocycles. The Morgan fingerprint density at radius 2 is 1.36 bits per heavy atom. The van der Waals surface area contributed by atoms with E-state index in [1.165, 1.54) is 89.3 Å². The summed E-state index contributed by atoms with van der Waals surface area (Å²) in [6, 6.07) is 9.47. The molecule has 1 aliphatic heterocycles. The van der Waals surface area contributed by atoms with Gasteiger partial charge >= 0.3 is 0 Å². The zero-order valence-corrected chi connectivity index (χ0v) is 16.7. The molecule has 0 spiro atoms. The molecule has 2 fully saturated rings. The van der Waals surface area contributed by atoms with Crippen molar-refractivity contribution in [3.05, 3.63) is 29.8 Å². The van der Waals surface area contributed by atoms with Gasteiger partial charge in [-0.15, -0.1) is 12.4 Å². The molecule has 0 N–H and O–H groups in total. The molecule has 0 amide bonds. The Bertz CT molecular complexity index is 475. The Morgan fingerprint density at radius 1 is 0.800 bits per heavy atom. The highest BCUT2D eigenvalue weighted by Crippen LogP contribution is 2.35. The summed E-state index contributed by atoms with van der Waals surface area (Å²) in [7, 11) is 1.80. The molecule has 1 aromatic rings. The number of likely N-dealkylation sites (tertiary alicyclic amines) is 1. The lowest BCUT2D eigenvalue weighted by molar-refractivity contribution is 0.131. The predicted octanol–water partition coefficient (Wildman–Crippen LogP) is 6.19. The van der Waals surface area contributed by atoms with Crippen LogP contribution in [0.5, 0.6) is 5.75 Å². The highest BCUT2D eigenvalue weighted by molar-refractivity contribution is 5.85. The average Bonchev–Trinajstić information content (AvgIpc) is 2.66. The average molecular weight is 366 g/mol. The zero-order chi connectivity index (χ0) is 16.6. The van der Waals surface area contributed by atoms with E-state index in [1.807, 2.05) is 0 Å². The lowest BCUT2D eigenvalue weighted by atomic mass is 9.87. The normalized spacial score (nSPS) is 22.1. The van der Waals surface area contributed by atoms with Crippen LogP contribution >= 0.6 is 12.4 Å². The maximum atomic E-state index is 5.58. The number of rotatable bonds is 3. The molecular formula is C22H36ClNO. The largest absolute Gasteiger partial charge is 0.496 e. The van der Waals surface area contributed by atoms with Crippen molar-refractivity contribution >= 4 is 12.4 Å². The molecule has 3 rings (SSSR count). The first-order valence-electron chi connectivity index (χ1n) is 10.3. The van der Waals surface area contributed by atoms with Crippen LogP contribution in [0.2, 0.25) is 0 Å². The van der Waals surface area contributed by atoms with Crippen molar-refractivity contribution in [2.75, 3.05) is 20.2 Å². The second-order valence-electron chi connectivity index (χ2n) is 7.76. The first-order valence-corrected chi connectivity index (χ1v) is 10.3. The molecule has 142 valence electrons. The van der Waals surface area contributed by atoms with Crippen LogP contribution in [0.15, 0.2) is 24.3 Å². The Hall–Kier alpha value is -0.730. The van der Waals surface area contributed by atoms with Gasteiger partial charge < -0.3 is 9.64 Å². The number of hydrogen-bond donors (Lipinski definition) is 0. The molecule has 2 aliphatic rings. The maximum Gasteiger partial charge on any atom is 0.122 e. The van der Waals surface area contributed by atoms with E-state index < -0.39 is 0 Å². The minimum Gasteiger partial charge on any atom is -0.496 e. The van der Waals surface area contributed by atoms with Crippen molar-refractivity contribution in [1.29, 1.82) is 0 Å². The van der Waals surface area contributed by atoms with E-state index >= 15 is 0 Å². The molecule has 0 atom stereocenters. The van der Waals surface area contributed by atoms with Crippen molar-refractivity contribution in [2.45, 2.75) is 82.6 Å². The number of benzene rings is 1. The van der Waals surface area contributed by atoms with E-state index in [0.717, 1.165) is 11.8 Å². The molecule has 1 saturated heterocycles. The number of para-hydroxylation sites is 1. The summed E-state index contributed by atoms with van der Waals surface area (Å²) in [4.78, 5) is 2.81. The molecule has 0 radical (unpaired) electrons. The van der Waals surface area contributed by atoms with Gasteiger partial charge in [-0.05, 0) is 56.3 Å². The Kier molecular flexibility index (Phi) is 9.12. The summed E-state index contributed by atoms with van der Waals surface area (Å²) in [5.41, 5.74) is 1.42. The van der Waals surface area contributed by atoms with Crippen molar-refractivity contribution in [2.24, 2.45) is 0 Å². The van der Waals surface area contributed by atoms with Gasteiger partial charge in [0.15, 0.2) is 0 Å². The maximum absolute atomic E-state index is 5.58. The highest BCUT2D eigenvalue weighted by atomic mass is 35.5. The smallest absolute Gasteiger partial charge is 0.122 e. The molecule has 1 aliphatic carbocycles. The quantitative estimate of drug-likeness (QED) is 0.633. The van der Waals surface area contributed by atoms with Crippen molar-refractivity contribution in [3.63, 3.8) is 0 Å². The first-order chi connectivity index (χ1) is 11.9. The van der Waals surface area contributed by atoms with E-state index in [2.05, 4.69) is 29.2 Å². The molecule has 1 saturated carbocycles. The Morgan fingerprint density at radius 3 is 1.96 bits per heavy atom. The van der Waals surface area contributed by atoms with E-state index in [9.17, 15) is 0 Å². The van der Waals surface area contributed by atoms with E-state index in [-0.39, 0.29) is 12.4 Å². The summed E-state index contributed by atoms with van der Waals surface area (Å²) < 4.78 is 5.58.